The quantitative estimate of drug-likeness (QED) is 0.867. The van der Waals surface area contributed by atoms with Gasteiger partial charge in [-0.25, -0.2) is 4.98 Å². The molecule has 1 aromatic heterocycles. The van der Waals surface area contributed by atoms with E-state index >= 15 is 0 Å². The molecule has 0 fully saturated rings. The van der Waals surface area contributed by atoms with Gasteiger partial charge in [-0.2, -0.15) is 11.8 Å². The number of nitrogens with zero attached hydrogens (tertiary/aromatic N) is 1. The van der Waals surface area contributed by atoms with Crippen LogP contribution in [0.15, 0.2) is 0 Å². The van der Waals surface area contributed by atoms with Gasteiger partial charge in [0, 0.05) is 0 Å². The average Bonchev–Trinajstić information content (AvgIpc) is 2.48. The van der Waals surface area contributed by atoms with Gasteiger partial charge in [0.25, 0.3) is 0 Å². The van der Waals surface area contributed by atoms with E-state index in [2.05, 4.69) is 25.1 Å². The Morgan fingerprint density at radius 3 is 2.43 bits per heavy atom. The van der Waals surface area contributed by atoms with E-state index in [-0.39, 0.29) is 4.75 Å². The Kier molecular flexibility index (Phi) is 3.61. The summed E-state index contributed by atoms with van der Waals surface area (Å²) in [6.07, 6.45) is 1.68. The fourth-order valence-corrected chi connectivity index (χ4v) is 2.74. The molecule has 4 heteroatoms. The van der Waals surface area contributed by atoms with Crippen molar-refractivity contribution in [1.29, 1.82) is 0 Å². The second-order valence-electron chi connectivity index (χ2n) is 3.86. The summed E-state index contributed by atoms with van der Waals surface area (Å²) >= 11 is 3.40. The summed E-state index contributed by atoms with van der Waals surface area (Å²) in [6.45, 7) is 8.05. The maximum Gasteiger partial charge on any atom is 0.109 e. The van der Waals surface area contributed by atoms with Crippen LogP contribution in [0.25, 0.3) is 0 Å². The SMILES string of the molecule is CSC(C)(C)c1nc(C)c(C(C)O)s1. The Morgan fingerprint density at radius 2 is 2.07 bits per heavy atom. The van der Waals surface area contributed by atoms with Crippen LogP contribution in [0, 0.1) is 6.92 Å². The highest BCUT2D eigenvalue weighted by Crippen LogP contribution is 2.38. The number of hydrogen-bond acceptors (Lipinski definition) is 4. The van der Waals surface area contributed by atoms with Crippen molar-refractivity contribution in [2.45, 2.75) is 38.5 Å². The van der Waals surface area contributed by atoms with Crippen LogP contribution in [-0.4, -0.2) is 16.3 Å². The topological polar surface area (TPSA) is 33.1 Å². The molecule has 1 N–H and O–H groups in total. The molecule has 0 radical (unpaired) electrons. The van der Waals surface area contributed by atoms with Crippen LogP contribution in [0.2, 0.25) is 0 Å². The zero-order chi connectivity index (χ0) is 10.9. The predicted molar refractivity (Wildman–Crippen MR) is 64.0 cm³/mol. The van der Waals surface area contributed by atoms with E-state index in [1.165, 1.54) is 0 Å². The van der Waals surface area contributed by atoms with Gasteiger partial charge in [0.15, 0.2) is 0 Å². The average molecular weight is 231 g/mol. The Bertz CT molecular complexity index is 318. The molecule has 0 amide bonds. The number of aromatic nitrogens is 1. The molecule has 1 aromatic rings. The fourth-order valence-electron chi connectivity index (χ4n) is 1.14. The summed E-state index contributed by atoms with van der Waals surface area (Å²) in [4.78, 5) is 5.50. The number of aryl methyl sites for hydroxylation is 1. The molecule has 1 rings (SSSR count). The second-order valence-corrected chi connectivity index (χ2v) is 6.32. The molecular weight excluding hydrogens is 214 g/mol. The fraction of sp³-hybridized carbons (Fsp3) is 0.700. The van der Waals surface area contributed by atoms with E-state index in [4.69, 9.17) is 0 Å². The summed E-state index contributed by atoms with van der Waals surface area (Å²) < 4.78 is 0.0442. The van der Waals surface area contributed by atoms with Crippen molar-refractivity contribution in [2.24, 2.45) is 0 Å². The zero-order valence-electron chi connectivity index (χ0n) is 9.29. The smallest absolute Gasteiger partial charge is 0.109 e. The number of thioether (sulfide) groups is 1. The van der Waals surface area contributed by atoms with Crippen molar-refractivity contribution >= 4 is 23.1 Å². The molecule has 0 spiro atoms. The monoisotopic (exact) mass is 231 g/mol. The second kappa shape index (κ2) is 4.21. The molecule has 0 saturated carbocycles. The van der Waals surface area contributed by atoms with E-state index in [1.807, 2.05) is 6.92 Å². The van der Waals surface area contributed by atoms with E-state index in [9.17, 15) is 5.11 Å². The van der Waals surface area contributed by atoms with Gasteiger partial charge in [-0.05, 0) is 34.0 Å². The predicted octanol–water partition coefficient (Wildman–Crippen LogP) is 3.10. The summed E-state index contributed by atoms with van der Waals surface area (Å²) in [5.74, 6) is 0. The molecule has 2 nitrogen and oxygen atoms in total. The van der Waals surface area contributed by atoms with Crippen molar-refractivity contribution < 1.29 is 5.11 Å². The summed E-state index contributed by atoms with van der Waals surface area (Å²) in [5, 5.41) is 10.6. The number of aliphatic hydroxyl groups is 1. The van der Waals surface area contributed by atoms with Gasteiger partial charge in [-0.15, -0.1) is 11.3 Å². The molecule has 0 bridgehead atoms. The highest BCUT2D eigenvalue weighted by Gasteiger charge is 2.25. The number of hydrogen-bond donors (Lipinski definition) is 1. The van der Waals surface area contributed by atoms with Crippen LogP contribution in [0.5, 0.6) is 0 Å². The van der Waals surface area contributed by atoms with Crippen LogP contribution in [-0.2, 0) is 4.75 Å². The van der Waals surface area contributed by atoms with Gasteiger partial charge >= 0.3 is 0 Å². The molecule has 80 valence electrons. The van der Waals surface area contributed by atoms with Crippen LogP contribution in [0.3, 0.4) is 0 Å². The lowest BCUT2D eigenvalue weighted by Crippen LogP contribution is -2.10. The molecule has 0 aliphatic rings. The first-order valence-electron chi connectivity index (χ1n) is 4.59. The van der Waals surface area contributed by atoms with Gasteiger partial charge < -0.3 is 5.11 Å². The lowest BCUT2D eigenvalue weighted by molar-refractivity contribution is 0.202. The third-order valence-corrected chi connectivity index (χ3v) is 5.23. The lowest BCUT2D eigenvalue weighted by Gasteiger charge is -2.18. The molecule has 1 atom stereocenters. The van der Waals surface area contributed by atoms with Crippen LogP contribution in [0.4, 0.5) is 0 Å². The molecule has 1 heterocycles. The van der Waals surface area contributed by atoms with Gasteiger partial charge in [-0.1, -0.05) is 0 Å². The third kappa shape index (κ3) is 2.30. The molecule has 0 aliphatic heterocycles. The first-order valence-corrected chi connectivity index (χ1v) is 6.63. The highest BCUT2D eigenvalue weighted by molar-refractivity contribution is 7.99. The van der Waals surface area contributed by atoms with Crippen molar-refractivity contribution in [2.75, 3.05) is 6.26 Å². The van der Waals surface area contributed by atoms with Gasteiger partial charge in [0.05, 0.1) is 21.4 Å². The van der Waals surface area contributed by atoms with Crippen molar-refractivity contribution in [1.82, 2.24) is 4.98 Å². The molecule has 14 heavy (non-hydrogen) atoms. The van der Waals surface area contributed by atoms with Crippen molar-refractivity contribution in [3.05, 3.63) is 15.6 Å². The van der Waals surface area contributed by atoms with Gasteiger partial charge in [-0.3, -0.25) is 0 Å². The molecule has 0 saturated heterocycles. The first-order chi connectivity index (χ1) is 6.38. The number of thiazole rings is 1. The maximum atomic E-state index is 9.52. The standard InChI is InChI=1S/C10H17NOS2/c1-6-8(7(2)12)14-9(11-6)10(3,4)13-5/h7,12H,1-5H3. The summed E-state index contributed by atoms with van der Waals surface area (Å²) in [7, 11) is 0. The minimum absolute atomic E-state index is 0.0442. The highest BCUT2D eigenvalue weighted by atomic mass is 32.2. The molecular formula is C10H17NOS2. The number of rotatable bonds is 3. The number of aliphatic hydroxyl groups excluding tert-OH is 1. The molecule has 0 aliphatic carbocycles. The maximum absolute atomic E-state index is 9.52. The zero-order valence-corrected chi connectivity index (χ0v) is 10.9. The Morgan fingerprint density at radius 1 is 1.50 bits per heavy atom. The van der Waals surface area contributed by atoms with E-state index in [0.29, 0.717) is 0 Å². The first kappa shape index (κ1) is 12.0. The normalized spacial score (nSPS) is 14.4. The molecule has 0 aromatic carbocycles. The van der Waals surface area contributed by atoms with E-state index in [1.54, 1.807) is 30.0 Å². The Hall–Kier alpha value is -0.0600. The lowest BCUT2D eigenvalue weighted by atomic mass is 10.2. The third-order valence-electron chi connectivity index (χ3n) is 2.24. The van der Waals surface area contributed by atoms with Crippen molar-refractivity contribution in [3.8, 4) is 0 Å². The molecule has 1 unspecified atom stereocenters. The van der Waals surface area contributed by atoms with Crippen LogP contribution >= 0.6 is 23.1 Å². The van der Waals surface area contributed by atoms with Crippen molar-refractivity contribution in [3.63, 3.8) is 0 Å². The minimum atomic E-state index is -0.404. The van der Waals surface area contributed by atoms with Crippen LogP contribution in [0.1, 0.15) is 42.5 Å². The van der Waals surface area contributed by atoms with Gasteiger partial charge in [0.2, 0.25) is 0 Å². The van der Waals surface area contributed by atoms with Crippen LogP contribution < -0.4 is 0 Å². The van der Waals surface area contributed by atoms with E-state index in [0.717, 1.165) is 15.6 Å². The van der Waals surface area contributed by atoms with E-state index < -0.39 is 6.10 Å². The Labute approximate surface area is 93.8 Å². The largest absolute Gasteiger partial charge is 0.388 e. The summed E-state index contributed by atoms with van der Waals surface area (Å²) in [5.41, 5.74) is 0.960. The Balaban J connectivity index is 3.08. The van der Waals surface area contributed by atoms with Gasteiger partial charge in [0.1, 0.15) is 5.01 Å². The minimum Gasteiger partial charge on any atom is -0.388 e. The summed E-state index contributed by atoms with van der Waals surface area (Å²) in [6, 6.07) is 0.